The summed E-state index contributed by atoms with van der Waals surface area (Å²) < 4.78 is 13.6. The van der Waals surface area contributed by atoms with E-state index in [9.17, 15) is 14.0 Å². The Balaban J connectivity index is 1.42. The summed E-state index contributed by atoms with van der Waals surface area (Å²) in [6.07, 6.45) is 2.03. The number of thiazole rings is 1. The van der Waals surface area contributed by atoms with Crippen LogP contribution in [0.25, 0.3) is 11.3 Å². The number of carbonyl (C=O) groups is 2. The number of anilines is 2. The summed E-state index contributed by atoms with van der Waals surface area (Å²) in [7, 11) is 0. The fraction of sp³-hybridized carbons (Fsp3) is 0.179. The fourth-order valence-corrected chi connectivity index (χ4v) is 4.62. The quantitative estimate of drug-likeness (QED) is 0.285. The first-order chi connectivity index (χ1) is 17.5. The van der Waals surface area contributed by atoms with Crippen LogP contribution in [0, 0.1) is 12.7 Å². The van der Waals surface area contributed by atoms with Gasteiger partial charge in [-0.3, -0.25) is 9.59 Å². The van der Waals surface area contributed by atoms with Gasteiger partial charge in [0.1, 0.15) is 10.7 Å². The van der Waals surface area contributed by atoms with Gasteiger partial charge in [0.2, 0.25) is 0 Å². The fourth-order valence-electron chi connectivity index (χ4n) is 3.70. The average molecular weight is 501 g/mol. The molecule has 0 bridgehead atoms. The molecule has 1 aromatic heterocycles. The second-order valence-electron chi connectivity index (χ2n) is 8.77. The first-order valence-electron chi connectivity index (χ1n) is 11.7. The molecule has 0 unspecified atom stereocenters. The number of nitrogens with one attached hydrogen (secondary N) is 3. The molecule has 2 amide bonds. The highest BCUT2D eigenvalue weighted by molar-refractivity contribution is 7.18. The molecule has 0 radical (unpaired) electrons. The van der Waals surface area contributed by atoms with Gasteiger partial charge in [-0.1, -0.05) is 47.7 Å². The van der Waals surface area contributed by atoms with Crippen LogP contribution in [-0.2, 0) is 6.54 Å². The maximum Gasteiger partial charge on any atom is 0.264 e. The van der Waals surface area contributed by atoms with Gasteiger partial charge in [-0.15, -0.1) is 0 Å². The molecule has 3 N–H and O–H groups in total. The second-order valence-corrected chi connectivity index (χ2v) is 9.77. The van der Waals surface area contributed by atoms with E-state index in [0.717, 1.165) is 29.7 Å². The number of aryl methyl sites for hydroxylation is 1. The Morgan fingerprint density at radius 3 is 2.47 bits per heavy atom. The topological polar surface area (TPSA) is 83.1 Å². The molecular formula is C28H25FN4O2S. The van der Waals surface area contributed by atoms with Crippen molar-refractivity contribution in [3.8, 4) is 11.3 Å². The Labute approximate surface area is 212 Å². The van der Waals surface area contributed by atoms with E-state index in [4.69, 9.17) is 0 Å². The Morgan fingerprint density at radius 2 is 1.75 bits per heavy atom. The molecule has 4 aromatic rings. The number of rotatable bonds is 8. The van der Waals surface area contributed by atoms with Crippen LogP contribution in [0.2, 0.25) is 0 Å². The molecule has 1 saturated carbocycles. The number of halogens is 1. The van der Waals surface area contributed by atoms with E-state index < -0.39 is 0 Å². The van der Waals surface area contributed by atoms with E-state index in [1.165, 1.54) is 23.5 Å². The van der Waals surface area contributed by atoms with Gasteiger partial charge in [-0.05, 0) is 67.3 Å². The van der Waals surface area contributed by atoms with Crippen molar-refractivity contribution in [2.75, 3.05) is 5.32 Å². The Bertz CT molecular complexity index is 1400. The predicted octanol–water partition coefficient (Wildman–Crippen LogP) is 5.82. The molecule has 1 heterocycles. The van der Waals surface area contributed by atoms with Crippen LogP contribution in [-0.4, -0.2) is 22.8 Å². The summed E-state index contributed by atoms with van der Waals surface area (Å²) in [6, 6.07) is 21.3. The van der Waals surface area contributed by atoms with Crippen molar-refractivity contribution in [3.05, 3.63) is 100 Å². The van der Waals surface area contributed by atoms with Crippen LogP contribution in [0.15, 0.2) is 72.8 Å². The van der Waals surface area contributed by atoms with Crippen molar-refractivity contribution in [2.45, 2.75) is 32.4 Å². The van der Waals surface area contributed by atoms with Gasteiger partial charge in [0.05, 0.1) is 5.69 Å². The molecule has 36 heavy (non-hydrogen) atoms. The number of amides is 2. The first-order valence-corrected chi connectivity index (χ1v) is 12.6. The van der Waals surface area contributed by atoms with Crippen LogP contribution < -0.4 is 16.0 Å². The van der Waals surface area contributed by atoms with E-state index in [1.807, 2.05) is 43.3 Å². The Kier molecular flexibility index (Phi) is 6.77. The zero-order chi connectivity index (χ0) is 25.1. The van der Waals surface area contributed by atoms with Crippen molar-refractivity contribution in [1.82, 2.24) is 15.6 Å². The van der Waals surface area contributed by atoms with Gasteiger partial charge in [0.25, 0.3) is 11.8 Å². The van der Waals surface area contributed by atoms with Crippen molar-refractivity contribution in [3.63, 3.8) is 0 Å². The van der Waals surface area contributed by atoms with Crippen LogP contribution in [0.4, 0.5) is 15.2 Å². The van der Waals surface area contributed by atoms with Crippen LogP contribution >= 0.6 is 11.3 Å². The minimum Gasteiger partial charge on any atom is -0.349 e. The summed E-state index contributed by atoms with van der Waals surface area (Å²) >= 11 is 1.21. The molecule has 0 atom stereocenters. The highest BCUT2D eigenvalue weighted by Gasteiger charge is 2.24. The molecule has 0 spiro atoms. The van der Waals surface area contributed by atoms with E-state index in [0.29, 0.717) is 33.4 Å². The van der Waals surface area contributed by atoms with E-state index in [2.05, 4.69) is 20.9 Å². The second kappa shape index (κ2) is 10.3. The molecule has 5 rings (SSSR count). The van der Waals surface area contributed by atoms with Gasteiger partial charge in [0.15, 0.2) is 5.13 Å². The third kappa shape index (κ3) is 5.60. The molecular weight excluding hydrogens is 475 g/mol. The summed E-state index contributed by atoms with van der Waals surface area (Å²) in [5.74, 6) is -0.731. The molecule has 1 fully saturated rings. The molecule has 6 nitrogen and oxygen atoms in total. The molecule has 1 aliphatic carbocycles. The zero-order valence-corrected chi connectivity index (χ0v) is 20.5. The molecule has 0 saturated heterocycles. The average Bonchev–Trinajstić information content (AvgIpc) is 3.61. The number of nitrogens with zero attached hydrogens (tertiary/aromatic N) is 1. The summed E-state index contributed by atoms with van der Waals surface area (Å²) in [6.45, 7) is 2.31. The normalized spacial score (nSPS) is 12.7. The number of aromatic nitrogens is 1. The summed E-state index contributed by atoms with van der Waals surface area (Å²) in [5.41, 5.74) is 4.31. The van der Waals surface area contributed by atoms with Gasteiger partial charge in [-0.25, -0.2) is 9.37 Å². The lowest BCUT2D eigenvalue weighted by molar-refractivity contribution is 0.0944. The monoisotopic (exact) mass is 500 g/mol. The van der Waals surface area contributed by atoms with Gasteiger partial charge in [0, 0.05) is 29.4 Å². The lowest BCUT2D eigenvalue weighted by Crippen LogP contribution is -2.25. The highest BCUT2D eigenvalue weighted by Crippen LogP contribution is 2.34. The van der Waals surface area contributed by atoms with Gasteiger partial charge < -0.3 is 16.0 Å². The van der Waals surface area contributed by atoms with E-state index >= 15 is 0 Å². The lowest BCUT2D eigenvalue weighted by Gasteiger charge is -2.10. The number of carbonyl (C=O) groups excluding carboxylic acids is 2. The van der Waals surface area contributed by atoms with Crippen molar-refractivity contribution in [2.24, 2.45) is 0 Å². The number of benzene rings is 3. The minimum absolute atomic E-state index is 0.104. The lowest BCUT2D eigenvalue weighted by atomic mass is 10.1. The van der Waals surface area contributed by atoms with Crippen LogP contribution in [0.5, 0.6) is 0 Å². The molecule has 182 valence electrons. The third-order valence-corrected chi connectivity index (χ3v) is 6.87. The van der Waals surface area contributed by atoms with E-state index in [1.54, 1.807) is 24.3 Å². The van der Waals surface area contributed by atoms with Crippen LogP contribution in [0.1, 0.15) is 44.0 Å². The van der Waals surface area contributed by atoms with Gasteiger partial charge >= 0.3 is 0 Å². The predicted molar refractivity (Wildman–Crippen MR) is 140 cm³/mol. The van der Waals surface area contributed by atoms with Gasteiger partial charge in [-0.2, -0.15) is 0 Å². The van der Waals surface area contributed by atoms with Crippen molar-refractivity contribution < 1.29 is 14.0 Å². The molecule has 0 aliphatic heterocycles. The molecule has 3 aromatic carbocycles. The summed E-state index contributed by atoms with van der Waals surface area (Å²) in [5, 5.41) is 9.73. The smallest absolute Gasteiger partial charge is 0.264 e. The minimum atomic E-state index is -0.362. The van der Waals surface area contributed by atoms with Crippen molar-refractivity contribution >= 4 is 34.0 Å². The summed E-state index contributed by atoms with van der Waals surface area (Å²) in [4.78, 5) is 30.8. The number of hydrogen-bond donors (Lipinski definition) is 3. The Morgan fingerprint density at radius 1 is 1.00 bits per heavy atom. The van der Waals surface area contributed by atoms with E-state index in [-0.39, 0.29) is 23.7 Å². The first kappa shape index (κ1) is 23.7. The maximum atomic E-state index is 13.6. The SMILES string of the molecule is Cc1ccc(C(=O)NC2CC2)cc1Nc1nc(-c2ccc(F)cc2)c(C(=O)NCc2ccccc2)s1. The molecule has 8 heteroatoms. The standard InChI is InChI=1S/C28H25FN4O2S/c1-17-7-8-20(26(34)31-22-13-14-22)15-23(17)32-28-33-24(19-9-11-21(29)12-10-19)25(36-28)27(35)30-16-18-5-3-2-4-6-18/h2-12,15,22H,13-14,16H2,1H3,(H,30,35)(H,31,34)(H,32,33). The highest BCUT2D eigenvalue weighted by atomic mass is 32.1. The Hall–Kier alpha value is -4.04. The maximum absolute atomic E-state index is 13.6. The van der Waals surface area contributed by atoms with Crippen LogP contribution in [0.3, 0.4) is 0 Å². The zero-order valence-electron chi connectivity index (χ0n) is 19.7. The largest absolute Gasteiger partial charge is 0.349 e. The number of hydrogen-bond acceptors (Lipinski definition) is 5. The molecule has 1 aliphatic rings. The third-order valence-electron chi connectivity index (χ3n) is 5.90. The van der Waals surface area contributed by atoms with Crippen molar-refractivity contribution in [1.29, 1.82) is 0 Å².